The zero-order chi connectivity index (χ0) is 43.6. The van der Waals surface area contributed by atoms with E-state index in [1.807, 2.05) is 24.3 Å². The van der Waals surface area contributed by atoms with Crippen molar-refractivity contribution in [2.45, 2.75) is 0 Å². The van der Waals surface area contributed by atoms with E-state index in [0.717, 1.165) is 71.7 Å². The highest BCUT2D eigenvalue weighted by Crippen LogP contribution is 2.42. The van der Waals surface area contributed by atoms with Crippen molar-refractivity contribution in [1.82, 2.24) is 24.1 Å². The average molecular weight is 842 g/mol. The second kappa shape index (κ2) is 15.4. The molecule has 0 N–H and O–H groups in total. The maximum absolute atomic E-state index is 5.36. The number of para-hydroxylation sites is 2. The van der Waals surface area contributed by atoms with Crippen LogP contribution in [0.2, 0.25) is 0 Å². The molecule has 0 bridgehead atoms. The molecule has 0 unspecified atom stereocenters. The first-order valence-electron chi connectivity index (χ1n) is 22.4. The van der Waals surface area contributed by atoms with Gasteiger partial charge in [-0.15, -0.1) is 0 Å². The van der Waals surface area contributed by atoms with Gasteiger partial charge in [0.25, 0.3) is 0 Å². The Bertz CT molecular complexity index is 3960. The van der Waals surface area contributed by atoms with Crippen molar-refractivity contribution in [3.8, 4) is 67.8 Å². The van der Waals surface area contributed by atoms with E-state index in [1.165, 1.54) is 32.8 Å². The van der Waals surface area contributed by atoms with Crippen molar-refractivity contribution in [2.24, 2.45) is 0 Å². The summed E-state index contributed by atoms with van der Waals surface area (Å²) in [4.78, 5) is 15.8. The van der Waals surface area contributed by atoms with Crippen molar-refractivity contribution in [3.05, 3.63) is 237 Å². The number of rotatable bonds is 7. The van der Waals surface area contributed by atoms with E-state index >= 15 is 0 Å². The normalized spacial score (nSPS) is 11.6. The maximum atomic E-state index is 5.36. The smallest absolute Gasteiger partial charge is 0.238 e. The summed E-state index contributed by atoms with van der Waals surface area (Å²) in [5.74, 6) is 1.78. The van der Waals surface area contributed by atoms with Crippen LogP contribution in [-0.2, 0) is 0 Å². The van der Waals surface area contributed by atoms with Gasteiger partial charge in [0.2, 0.25) is 5.95 Å². The lowest BCUT2D eigenvalue weighted by Crippen LogP contribution is -2.07. The van der Waals surface area contributed by atoms with E-state index < -0.39 is 0 Å². The lowest BCUT2D eigenvalue weighted by atomic mass is 9.93. The van der Waals surface area contributed by atoms with Crippen LogP contribution in [0, 0.1) is 0 Å². The van der Waals surface area contributed by atoms with E-state index in [1.54, 1.807) is 0 Å². The van der Waals surface area contributed by atoms with Gasteiger partial charge in [0.1, 0.15) is 0 Å². The molecule has 0 atom stereocenters. The molecule has 0 fully saturated rings. The Balaban J connectivity index is 1.03. The van der Waals surface area contributed by atoms with Gasteiger partial charge in [-0.1, -0.05) is 206 Å². The zero-order valence-electron chi connectivity index (χ0n) is 35.8. The lowest BCUT2D eigenvalue weighted by molar-refractivity contribution is 0.953. The Morgan fingerprint density at radius 1 is 0.273 bits per heavy atom. The van der Waals surface area contributed by atoms with E-state index in [-0.39, 0.29) is 0 Å². The third-order valence-corrected chi connectivity index (χ3v) is 13.0. The number of benzene rings is 10. The first kappa shape index (κ1) is 37.6. The molecule has 0 saturated carbocycles. The Morgan fingerprint density at radius 3 is 1.39 bits per heavy atom. The topological polar surface area (TPSA) is 48.5 Å². The molecule has 13 aromatic rings. The Kier molecular flexibility index (Phi) is 8.78. The van der Waals surface area contributed by atoms with Crippen molar-refractivity contribution in [3.63, 3.8) is 0 Å². The van der Waals surface area contributed by atoms with E-state index in [9.17, 15) is 0 Å². The van der Waals surface area contributed by atoms with Crippen LogP contribution < -0.4 is 0 Å². The second-order valence-electron chi connectivity index (χ2n) is 16.8. The van der Waals surface area contributed by atoms with Crippen LogP contribution in [0.5, 0.6) is 0 Å². The van der Waals surface area contributed by atoms with Gasteiger partial charge >= 0.3 is 0 Å². The molecule has 5 nitrogen and oxygen atoms in total. The summed E-state index contributed by atoms with van der Waals surface area (Å²) >= 11 is 0. The summed E-state index contributed by atoms with van der Waals surface area (Å²) in [7, 11) is 0. The molecular formula is C61H39N5. The first-order chi connectivity index (χ1) is 32.7. The van der Waals surface area contributed by atoms with Gasteiger partial charge in [0, 0.05) is 38.4 Å². The molecule has 10 aromatic carbocycles. The minimum Gasteiger partial charge on any atom is -0.307 e. The van der Waals surface area contributed by atoms with Crippen LogP contribution in [0.3, 0.4) is 0 Å². The predicted molar refractivity (Wildman–Crippen MR) is 273 cm³/mol. The van der Waals surface area contributed by atoms with Crippen molar-refractivity contribution in [1.29, 1.82) is 0 Å². The van der Waals surface area contributed by atoms with Gasteiger partial charge in [-0.3, -0.25) is 4.57 Å². The fourth-order valence-electron chi connectivity index (χ4n) is 9.86. The molecule has 0 aliphatic rings. The van der Waals surface area contributed by atoms with Crippen LogP contribution in [0.1, 0.15) is 0 Å². The van der Waals surface area contributed by atoms with Crippen LogP contribution >= 0.6 is 0 Å². The zero-order valence-corrected chi connectivity index (χ0v) is 35.8. The maximum Gasteiger partial charge on any atom is 0.238 e. The SMILES string of the molecule is c1ccc(-c2ccc(-c3nc(-c4ccccc4)nc(-n4c5ccccc5c5ccc6c7ccccc7n(-c7ccc(-c8ccccc8-c8ccc9ccccc9c8)cc7)c6c54)n3)cc2)cc1. The molecule has 13 rings (SSSR count). The average Bonchev–Trinajstić information content (AvgIpc) is 3.92. The predicted octanol–water partition coefficient (Wildman–Crippen LogP) is 15.6. The molecule has 0 amide bonds. The first-order valence-corrected chi connectivity index (χ1v) is 22.4. The van der Waals surface area contributed by atoms with Crippen molar-refractivity contribution in [2.75, 3.05) is 0 Å². The third kappa shape index (κ3) is 6.21. The summed E-state index contributed by atoms with van der Waals surface area (Å²) in [6.45, 7) is 0. The van der Waals surface area contributed by atoms with Gasteiger partial charge in [0.05, 0.1) is 22.1 Å². The van der Waals surface area contributed by atoms with Crippen molar-refractivity contribution < 1.29 is 0 Å². The molecule has 3 heterocycles. The second-order valence-corrected chi connectivity index (χ2v) is 16.8. The summed E-state index contributed by atoms with van der Waals surface area (Å²) < 4.78 is 4.68. The summed E-state index contributed by atoms with van der Waals surface area (Å²) in [5, 5.41) is 7.06. The van der Waals surface area contributed by atoms with Gasteiger partial charge in [0.15, 0.2) is 11.6 Å². The highest BCUT2D eigenvalue weighted by atomic mass is 15.2. The quantitative estimate of drug-likeness (QED) is 0.161. The standard InChI is InChI=1S/C61H39N5/c1-3-15-40(16-4-1)42-27-30-45(31-28-42)60-62-59(44-18-5-2-6-19-44)63-61(64-60)66-56-26-14-12-24-52(56)54-38-37-53-51-23-11-13-25-55(51)65(57(53)58(54)66)48-35-33-43(34-36-48)49-21-9-10-22-50(49)47-32-29-41-17-7-8-20-46(41)39-47/h1-39H. The summed E-state index contributed by atoms with van der Waals surface area (Å²) in [6, 6.07) is 84.1. The van der Waals surface area contributed by atoms with Gasteiger partial charge in [-0.05, 0) is 74.5 Å². The molecule has 66 heavy (non-hydrogen) atoms. The van der Waals surface area contributed by atoms with Crippen LogP contribution in [0.15, 0.2) is 237 Å². The molecule has 3 aromatic heterocycles. The largest absolute Gasteiger partial charge is 0.307 e. The Labute approximate surface area is 381 Å². The third-order valence-electron chi connectivity index (χ3n) is 13.0. The number of fused-ring (bicyclic) bond motifs is 8. The van der Waals surface area contributed by atoms with E-state index in [4.69, 9.17) is 15.0 Å². The fraction of sp³-hybridized carbons (Fsp3) is 0. The molecule has 5 heteroatoms. The fourth-order valence-corrected chi connectivity index (χ4v) is 9.86. The molecule has 308 valence electrons. The number of hydrogen-bond donors (Lipinski definition) is 0. The number of nitrogens with zero attached hydrogens (tertiary/aromatic N) is 5. The molecule has 0 aliphatic heterocycles. The van der Waals surface area contributed by atoms with Gasteiger partial charge < -0.3 is 4.57 Å². The molecular weight excluding hydrogens is 803 g/mol. The van der Waals surface area contributed by atoms with Gasteiger partial charge in [-0.2, -0.15) is 9.97 Å². The minimum atomic E-state index is 0.558. The highest BCUT2D eigenvalue weighted by Gasteiger charge is 2.24. The molecule has 0 spiro atoms. The van der Waals surface area contributed by atoms with Crippen LogP contribution in [0.25, 0.3) is 122 Å². The number of aromatic nitrogens is 5. The Hall–Kier alpha value is -8.93. The highest BCUT2D eigenvalue weighted by molar-refractivity contribution is 6.23. The summed E-state index contributed by atoms with van der Waals surface area (Å²) in [5.41, 5.74) is 14.2. The summed E-state index contributed by atoms with van der Waals surface area (Å²) in [6.07, 6.45) is 0. The monoisotopic (exact) mass is 841 g/mol. The molecule has 0 aliphatic carbocycles. The van der Waals surface area contributed by atoms with Crippen LogP contribution in [-0.4, -0.2) is 24.1 Å². The van der Waals surface area contributed by atoms with Crippen molar-refractivity contribution >= 4 is 54.4 Å². The van der Waals surface area contributed by atoms with E-state index in [0.29, 0.717) is 17.6 Å². The molecule has 0 saturated heterocycles. The Morgan fingerprint density at radius 2 is 0.727 bits per heavy atom. The lowest BCUT2D eigenvalue weighted by Gasteiger charge is -2.14. The van der Waals surface area contributed by atoms with E-state index in [2.05, 4.69) is 221 Å². The van der Waals surface area contributed by atoms with Crippen LogP contribution in [0.4, 0.5) is 0 Å². The minimum absolute atomic E-state index is 0.558. The number of hydrogen-bond acceptors (Lipinski definition) is 3. The molecule has 0 radical (unpaired) electrons. The van der Waals surface area contributed by atoms with Gasteiger partial charge in [-0.25, -0.2) is 4.98 Å².